The summed E-state index contributed by atoms with van der Waals surface area (Å²) in [7, 11) is 0. The number of hydrogen-bond acceptors (Lipinski definition) is 5. The number of amides is 1. The zero-order valence-electron chi connectivity index (χ0n) is 12.4. The lowest BCUT2D eigenvalue weighted by Gasteiger charge is -2.27. The van der Waals surface area contributed by atoms with Crippen LogP contribution < -0.4 is 16.4 Å². The molecule has 0 saturated carbocycles. The third-order valence-electron chi connectivity index (χ3n) is 2.72. The van der Waals surface area contributed by atoms with Gasteiger partial charge in [-0.25, -0.2) is 0 Å². The minimum absolute atomic E-state index is 0.206. The Morgan fingerprint density at radius 2 is 1.80 bits per heavy atom. The normalized spacial score (nSPS) is 10.8. The van der Waals surface area contributed by atoms with Crippen molar-refractivity contribution < 1.29 is 4.79 Å². The summed E-state index contributed by atoms with van der Waals surface area (Å²) in [4.78, 5) is 13.8. The van der Waals surface area contributed by atoms with Gasteiger partial charge in [-0.2, -0.15) is 5.26 Å². The lowest BCUT2D eigenvalue weighted by atomic mass is 10.1. The van der Waals surface area contributed by atoms with Crippen molar-refractivity contribution in [1.82, 2.24) is 0 Å². The number of carbonyl (C=O) groups is 1. The Hall–Kier alpha value is -1.74. The van der Waals surface area contributed by atoms with Gasteiger partial charge in [0, 0.05) is 13.1 Å². The van der Waals surface area contributed by atoms with Crippen LogP contribution in [-0.4, -0.2) is 19.0 Å². The Balaban J connectivity index is 3.28. The second-order valence-electron chi connectivity index (χ2n) is 5.69. The molecule has 5 nitrogen and oxygen atoms in total. The third-order valence-corrected chi connectivity index (χ3v) is 4.00. The van der Waals surface area contributed by atoms with E-state index in [0.29, 0.717) is 17.4 Å². The second kappa shape index (κ2) is 6.62. The molecule has 1 heterocycles. The van der Waals surface area contributed by atoms with E-state index in [1.807, 2.05) is 0 Å². The van der Waals surface area contributed by atoms with Crippen LogP contribution in [-0.2, 0) is 0 Å². The summed E-state index contributed by atoms with van der Waals surface area (Å²) in [6, 6.07) is 2.10. The number of nitrogens with two attached hydrogens (primary N) is 2. The molecule has 1 rings (SSSR count). The number of nitrogen functional groups attached to an aromatic ring is 1. The Bertz CT molecular complexity index is 518. The predicted octanol–water partition coefficient (Wildman–Crippen LogP) is 2.42. The molecule has 0 bridgehead atoms. The maximum Gasteiger partial charge on any atom is 0.261 e. The number of hydrogen-bond donors (Lipinski definition) is 2. The molecule has 0 aromatic carbocycles. The molecule has 0 aliphatic heterocycles. The summed E-state index contributed by atoms with van der Waals surface area (Å²) in [6.07, 6.45) is 0. The van der Waals surface area contributed by atoms with Crippen LogP contribution in [0.5, 0.6) is 0 Å². The minimum Gasteiger partial charge on any atom is -0.396 e. The first-order chi connectivity index (χ1) is 9.27. The molecule has 1 aromatic heterocycles. The van der Waals surface area contributed by atoms with Crippen molar-refractivity contribution in [2.45, 2.75) is 27.7 Å². The fourth-order valence-corrected chi connectivity index (χ4v) is 3.11. The molecule has 4 N–H and O–H groups in total. The molecule has 1 aromatic rings. The van der Waals surface area contributed by atoms with Gasteiger partial charge in [0.2, 0.25) is 0 Å². The molecule has 20 heavy (non-hydrogen) atoms. The van der Waals surface area contributed by atoms with Crippen molar-refractivity contribution >= 4 is 27.9 Å². The molecule has 0 atom stereocenters. The quantitative estimate of drug-likeness (QED) is 0.842. The zero-order chi connectivity index (χ0) is 15.4. The topological polar surface area (TPSA) is 96.1 Å². The number of primary amides is 1. The molecule has 110 valence electrons. The number of carbonyl (C=O) groups excluding carboxylic acids is 1. The summed E-state index contributed by atoms with van der Waals surface area (Å²) in [5, 5.41) is 10.1. The molecule has 0 aliphatic rings. The fraction of sp³-hybridized carbons (Fsp3) is 0.571. The Kier molecular flexibility index (Phi) is 5.40. The molecule has 6 heteroatoms. The Labute approximate surface area is 124 Å². The number of nitrogens with zero attached hydrogens (tertiary/aromatic N) is 2. The lowest BCUT2D eigenvalue weighted by molar-refractivity contribution is 0.100. The van der Waals surface area contributed by atoms with Gasteiger partial charge >= 0.3 is 0 Å². The summed E-state index contributed by atoms with van der Waals surface area (Å²) in [5.74, 6) is 0.311. The van der Waals surface area contributed by atoms with Crippen molar-refractivity contribution in [2.24, 2.45) is 17.6 Å². The standard InChI is InChI=1S/C14H22N4OS/c1-8(2)6-18(7-9(3)4)14-10(5-15)11(16)12(20-14)13(17)19/h8-9H,6-7,16H2,1-4H3,(H2,17,19). The van der Waals surface area contributed by atoms with E-state index in [2.05, 4.69) is 38.7 Å². The number of nitriles is 1. The number of anilines is 2. The highest BCUT2D eigenvalue weighted by atomic mass is 32.1. The largest absolute Gasteiger partial charge is 0.396 e. The minimum atomic E-state index is -0.579. The Morgan fingerprint density at radius 3 is 2.15 bits per heavy atom. The van der Waals surface area contributed by atoms with E-state index in [4.69, 9.17) is 11.5 Å². The highest BCUT2D eigenvalue weighted by Gasteiger charge is 2.24. The van der Waals surface area contributed by atoms with Gasteiger partial charge in [-0.05, 0) is 11.8 Å². The average molecular weight is 294 g/mol. The first-order valence-corrected chi connectivity index (χ1v) is 7.46. The molecular formula is C14H22N4OS. The van der Waals surface area contributed by atoms with Crippen LogP contribution in [0.2, 0.25) is 0 Å². The smallest absolute Gasteiger partial charge is 0.261 e. The van der Waals surface area contributed by atoms with Gasteiger partial charge in [0.15, 0.2) is 0 Å². The van der Waals surface area contributed by atoms with Gasteiger partial charge in [0.25, 0.3) is 5.91 Å². The van der Waals surface area contributed by atoms with Gasteiger partial charge in [0.05, 0.1) is 5.69 Å². The van der Waals surface area contributed by atoms with Crippen molar-refractivity contribution in [3.63, 3.8) is 0 Å². The highest BCUT2D eigenvalue weighted by Crippen LogP contribution is 2.38. The number of rotatable bonds is 6. The maximum absolute atomic E-state index is 11.4. The molecule has 0 unspecified atom stereocenters. The third kappa shape index (κ3) is 3.64. The van der Waals surface area contributed by atoms with E-state index in [1.165, 1.54) is 11.3 Å². The molecule has 0 spiro atoms. The van der Waals surface area contributed by atoms with Crippen molar-refractivity contribution in [3.8, 4) is 6.07 Å². The summed E-state index contributed by atoms with van der Waals surface area (Å²) < 4.78 is 0. The first kappa shape index (κ1) is 16.3. The average Bonchev–Trinajstić information content (AvgIpc) is 2.64. The SMILES string of the molecule is CC(C)CN(CC(C)C)c1sc(C(N)=O)c(N)c1C#N. The van der Waals surface area contributed by atoms with Gasteiger partial charge < -0.3 is 16.4 Å². The molecule has 0 radical (unpaired) electrons. The number of thiophene rings is 1. The van der Waals surface area contributed by atoms with Crippen molar-refractivity contribution in [2.75, 3.05) is 23.7 Å². The van der Waals surface area contributed by atoms with Gasteiger partial charge in [-0.1, -0.05) is 27.7 Å². The van der Waals surface area contributed by atoms with Crippen LogP contribution in [0, 0.1) is 23.2 Å². The molecule has 0 aliphatic carbocycles. The summed E-state index contributed by atoms with van der Waals surface area (Å²) in [6.45, 7) is 10.1. The van der Waals surface area contributed by atoms with E-state index < -0.39 is 5.91 Å². The van der Waals surface area contributed by atoms with Crippen LogP contribution in [0.1, 0.15) is 42.9 Å². The van der Waals surface area contributed by atoms with E-state index in [0.717, 1.165) is 18.1 Å². The molecule has 0 fully saturated rings. The van der Waals surface area contributed by atoms with Gasteiger partial charge in [-0.3, -0.25) is 4.79 Å². The van der Waals surface area contributed by atoms with Crippen molar-refractivity contribution in [1.29, 1.82) is 5.26 Å². The highest BCUT2D eigenvalue weighted by molar-refractivity contribution is 7.19. The zero-order valence-corrected chi connectivity index (χ0v) is 13.3. The fourth-order valence-electron chi connectivity index (χ4n) is 2.07. The van der Waals surface area contributed by atoms with E-state index in [1.54, 1.807) is 0 Å². The van der Waals surface area contributed by atoms with Crippen molar-refractivity contribution in [3.05, 3.63) is 10.4 Å². The second-order valence-corrected chi connectivity index (χ2v) is 6.69. The predicted molar refractivity (Wildman–Crippen MR) is 83.9 cm³/mol. The van der Waals surface area contributed by atoms with E-state index in [9.17, 15) is 10.1 Å². The van der Waals surface area contributed by atoms with E-state index in [-0.39, 0.29) is 10.6 Å². The van der Waals surface area contributed by atoms with Crippen LogP contribution in [0.3, 0.4) is 0 Å². The maximum atomic E-state index is 11.4. The summed E-state index contributed by atoms with van der Waals surface area (Å²) in [5.41, 5.74) is 11.8. The van der Waals surface area contributed by atoms with Crippen LogP contribution in [0.25, 0.3) is 0 Å². The summed E-state index contributed by atoms with van der Waals surface area (Å²) >= 11 is 1.21. The van der Waals surface area contributed by atoms with Gasteiger partial charge in [0.1, 0.15) is 21.5 Å². The van der Waals surface area contributed by atoms with E-state index >= 15 is 0 Å². The molecular weight excluding hydrogens is 272 g/mol. The first-order valence-electron chi connectivity index (χ1n) is 6.65. The molecule has 0 saturated heterocycles. The lowest BCUT2D eigenvalue weighted by Crippen LogP contribution is -2.31. The Morgan fingerprint density at radius 1 is 1.30 bits per heavy atom. The van der Waals surface area contributed by atoms with Crippen LogP contribution in [0.15, 0.2) is 0 Å². The van der Waals surface area contributed by atoms with Gasteiger partial charge in [-0.15, -0.1) is 11.3 Å². The monoisotopic (exact) mass is 294 g/mol. The molecule has 1 amide bonds. The van der Waals surface area contributed by atoms with Crippen LogP contribution in [0.4, 0.5) is 10.7 Å². The van der Waals surface area contributed by atoms with Crippen LogP contribution >= 0.6 is 11.3 Å².